The highest BCUT2D eigenvalue weighted by atomic mass is 19.1. The van der Waals surface area contributed by atoms with Crippen molar-refractivity contribution in [1.82, 2.24) is 25.4 Å². The molecule has 0 fully saturated rings. The Labute approximate surface area is 143 Å². The minimum atomic E-state index is -0.454. The van der Waals surface area contributed by atoms with Gasteiger partial charge >= 0.3 is 0 Å². The molecule has 3 rings (SSSR count). The van der Waals surface area contributed by atoms with E-state index in [4.69, 9.17) is 4.52 Å². The van der Waals surface area contributed by atoms with E-state index >= 15 is 0 Å². The van der Waals surface area contributed by atoms with Crippen molar-refractivity contribution in [3.8, 4) is 11.5 Å². The predicted molar refractivity (Wildman–Crippen MR) is 87.1 cm³/mol. The zero-order valence-electron chi connectivity index (χ0n) is 14.0. The molecule has 25 heavy (non-hydrogen) atoms. The third-order valence-electron chi connectivity index (χ3n) is 3.59. The number of hydrogen-bond acceptors (Lipinski definition) is 6. The first-order valence-electron chi connectivity index (χ1n) is 7.63. The zero-order chi connectivity index (χ0) is 18.0. The van der Waals surface area contributed by atoms with Gasteiger partial charge in [0.2, 0.25) is 0 Å². The van der Waals surface area contributed by atoms with E-state index in [-0.39, 0.29) is 29.7 Å². The lowest BCUT2D eigenvalue weighted by Gasteiger charge is -2.08. The van der Waals surface area contributed by atoms with E-state index in [1.54, 1.807) is 39.0 Å². The fourth-order valence-corrected chi connectivity index (χ4v) is 2.53. The van der Waals surface area contributed by atoms with Crippen LogP contribution in [-0.2, 0) is 6.54 Å². The molecule has 0 atom stereocenters. The van der Waals surface area contributed by atoms with E-state index < -0.39 is 5.82 Å². The first kappa shape index (κ1) is 16.7. The molecule has 0 aliphatic heterocycles. The lowest BCUT2D eigenvalue weighted by Crippen LogP contribution is -2.26. The van der Waals surface area contributed by atoms with Gasteiger partial charge in [0.15, 0.2) is 5.82 Å². The van der Waals surface area contributed by atoms with Crippen LogP contribution in [0.2, 0.25) is 0 Å². The van der Waals surface area contributed by atoms with Gasteiger partial charge in [0.25, 0.3) is 11.8 Å². The molecular formula is C17H16FN5O2. The molecule has 0 saturated heterocycles. The topological polar surface area (TPSA) is 93.8 Å². The van der Waals surface area contributed by atoms with Crippen molar-refractivity contribution >= 4 is 5.91 Å². The number of carbonyl (C=O) groups is 1. The highest BCUT2D eigenvalue weighted by molar-refractivity contribution is 5.96. The van der Waals surface area contributed by atoms with Crippen molar-refractivity contribution in [1.29, 1.82) is 0 Å². The van der Waals surface area contributed by atoms with Crippen LogP contribution in [0.1, 0.15) is 33.4 Å². The van der Waals surface area contributed by atoms with Crippen molar-refractivity contribution in [2.75, 3.05) is 0 Å². The molecule has 2 heterocycles. The molecule has 8 heteroatoms. The highest BCUT2D eigenvalue weighted by Crippen LogP contribution is 2.20. The van der Waals surface area contributed by atoms with Crippen molar-refractivity contribution in [2.45, 2.75) is 27.3 Å². The number of hydrogen-bond donors (Lipinski definition) is 1. The Bertz CT molecular complexity index is 915. The second-order valence-corrected chi connectivity index (χ2v) is 5.49. The van der Waals surface area contributed by atoms with Gasteiger partial charge in [-0.05, 0) is 32.9 Å². The summed E-state index contributed by atoms with van der Waals surface area (Å²) in [5, 5.41) is 6.46. The smallest absolute Gasteiger partial charge is 0.260 e. The number of benzene rings is 1. The predicted octanol–water partition coefficient (Wildman–Crippen LogP) is 2.52. The standard InChI is InChI=1S/C17H16FN5O2/c1-9-15(10(2)21-11(3)20-9)16(24)19-8-14-22-17(25-23-14)12-6-4-5-7-13(12)18/h4-7H,8H2,1-3H3,(H,19,24). The summed E-state index contributed by atoms with van der Waals surface area (Å²) in [5.74, 6) is 0.139. The Morgan fingerprint density at radius 3 is 2.48 bits per heavy atom. The van der Waals surface area contributed by atoms with Crippen LogP contribution in [0.4, 0.5) is 4.39 Å². The number of amides is 1. The number of carbonyl (C=O) groups excluding carboxylic acids is 1. The molecule has 0 aliphatic carbocycles. The van der Waals surface area contributed by atoms with Crippen LogP contribution in [0.5, 0.6) is 0 Å². The second kappa shape index (κ2) is 6.76. The van der Waals surface area contributed by atoms with E-state index in [0.29, 0.717) is 22.8 Å². The van der Waals surface area contributed by atoms with E-state index in [0.717, 1.165) is 0 Å². The Morgan fingerprint density at radius 2 is 1.80 bits per heavy atom. The van der Waals surface area contributed by atoms with Crippen molar-refractivity contribution in [2.24, 2.45) is 0 Å². The molecule has 7 nitrogen and oxygen atoms in total. The third-order valence-corrected chi connectivity index (χ3v) is 3.59. The summed E-state index contributed by atoms with van der Waals surface area (Å²) >= 11 is 0. The fourth-order valence-electron chi connectivity index (χ4n) is 2.53. The molecule has 0 bridgehead atoms. The summed E-state index contributed by atoms with van der Waals surface area (Å²) in [6.45, 7) is 5.32. The molecule has 1 amide bonds. The van der Waals surface area contributed by atoms with Crippen molar-refractivity contribution < 1.29 is 13.7 Å². The van der Waals surface area contributed by atoms with Crippen molar-refractivity contribution in [3.63, 3.8) is 0 Å². The van der Waals surface area contributed by atoms with Crippen LogP contribution in [0.25, 0.3) is 11.5 Å². The molecule has 3 aromatic rings. The molecule has 0 aliphatic rings. The van der Waals surface area contributed by atoms with Gasteiger partial charge in [-0.25, -0.2) is 14.4 Å². The number of nitrogens with one attached hydrogen (secondary N) is 1. The molecule has 0 radical (unpaired) electrons. The molecule has 1 aromatic carbocycles. The molecule has 0 spiro atoms. The Morgan fingerprint density at radius 1 is 1.12 bits per heavy atom. The largest absolute Gasteiger partial charge is 0.344 e. The minimum absolute atomic E-state index is 0.0452. The van der Waals surface area contributed by atoms with E-state index in [1.807, 2.05) is 0 Å². The first-order valence-corrected chi connectivity index (χ1v) is 7.63. The van der Waals surface area contributed by atoms with Gasteiger partial charge in [0, 0.05) is 0 Å². The molecular weight excluding hydrogens is 325 g/mol. The molecule has 0 saturated carbocycles. The van der Waals surface area contributed by atoms with Gasteiger partial charge in [-0.2, -0.15) is 4.98 Å². The Kier molecular flexibility index (Phi) is 4.51. The summed E-state index contributed by atoms with van der Waals surface area (Å²) in [5.41, 5.74) is 1.83. The van der Waals surface area contributed by atoms with Gasteiger partial charge in [0.1, 0.15) is 11.6 Å². The maximum absolute atomic E-state index is 13.7. The van der Waals surface area contributed by atoms with Crippen LogP contribution < -0.4 is 5.32 Å². The molecule has 1 N–H and O–H groups in total. The van der Waals surface area contributed by atoms with Gasteiger partial charge < -0.3 is 9.84 Å². The second-order valence-electron chi connectivity index (χ2n) is 5.49. The third kappa shape index (κ3) is 3.52. The zero-order valence-corrected chi connectivity index (χ0v) is 14.0. The summed E-state index contributed by atoms with van der Waals surface area (Å²) in [6.07, 6.45) is 0. The van der Waals surface area contributed by atoms with E-state index in [1.165, 1.54) is 6.07 Å². The number of halogens is 1. The fraction of sp³-hybridized carbons (Fsp3) is 0.235. The van der Waals surface area contributed by atoms with Crippen LogP contribution in [0, 0.1) is 26.6 Å². The molecule has 128 valence electrons. The maximum atomic E-state index is 13.7. The number of aromatic nitrogens is 4. The van der Waals surface area contributed by atoms with E-state index in [9.17, 15) is 9.18 Å². The summed E-state index contributed by atoms with van der Waals surface area (Å²) in [7, 11) is 0. The summed E-state index contributed by atoms with van der Waals surface area (Å²) in [4.78, 5) is 24.9. The van der Waals surface area contributed by atoms with Gasteiger partial charge in [0.05, 0.1) is 29.1 Å². The van der Waals surface area contributed by atoms with Gasteiger partial charge in [-0.15, -0.1) is 0 Å². The van der Waals surface area contributed by atoms with Crippen LogP contribution in [0.15, 0.2) is 28.8 Å². The summed E-state index contributed by atoms with van der Waals surface area (Å²) < 4.78 is 18.8. The minimum Gasteiger partial charge on any atom is -0.344 e. The average molecular weight is 341 g/mol. The SMILES string of the molecule is Cc1nc(C)c(C(=O)NCc2noc(-c3ccccc3F)n2)c(C)n1. The monoisotopic (exact) mass is 341 g/mol. The maximum Gasteiger partial charge on any atom is 0.260 e. The number of aryl methyl sites for hydroxylation is 3. The quantitative estimate of drug-likeness (QED) is 0.784. The normalized spacial score (nSPS) is 10.7. The Balaban J connectivity index is 1.73. The van der Waals surface area contributed by atoms with Crippen LogP contribution in [0.3, 0.4) is 0 Å². The number of rotatable bonds is 4. The number of nitrogens with zero attached hydrogens (tertiary/aromatic N) is 4. The van der Waals surface area contributed by atoms with Crippen LogP contribution in [-0.4, -0.2) is 26.0 Å². The lowest BCUT2D eigenvalue weighted by atomic mass is 10.1. The average Bonchev–Trinajstić information content (AvgIpc) is 3.01. The highest BCUT2D eigenvalue weighted by Gasteiger charge is 2.17. The van der Waals surface area contributed by atoms with Crippen LogP contribution >= 0.6 is 0 Å². The molecule has 0 unspecified atom stereocenters. The Hall–Kier alpha value is -3.16. The van der Waals surface area contributed by atoms with E-state index in [2.05, 4.69) is 25.4 Å². The lowest BCUT2D eigenvalue weighted by molar-refractivity contribution is 0.0947. The first-order chi connectivity index (χ1) is 12.0. The van der Waals surface area contributed by atoms with Crippen molar-refractivity contribution in [3.05, 3.63) is 58.7 Å². The summed E-state index contributed by atoms with van der Waals surface area (Å²) in [6, 6.07) is 6.10. The van der Waals surface area contributed by atoms with Gasteiger partial charge in [-0.1, -0.05) is 17.3 Å². The molecule has 2 aromatic heterocycles. The van der Waals surface area contributed by atoms with Gasteiger partial charge in [-0.3, -0.25) is 4.79 Å².